The molecule has 1 aliphatic heterocycles. The Hall–Kier alpha value is -1.48. The van der Waals surface area contributed by atoms with E-state index in [0.717, 1.165) is 18.5 Å². The molecule has 1 aromatic heterocycles. The summed E-state index contributed by atoms with van der Waals surface area (Å²) in [7, 11) is 0. The fraction of sp³-hybridized carbons (Fsp3) is 0.333. The van der Waals surface area contributed by atoms with Crippen LogP contribution in [0, 0.1) is 0 Å². The van der Waals surface area contributed by atoms with E-state index in [9.17, 15) is 5.11 Å². The van der Waals surface area contributed by atoms with Gasteiger partial charge in [0.05, 0.1) is 0 Å². The van der Waals surface area contributed by atoms with Gasteiger partial charge in [-0.25, -0.2) is 0 Å². The van der Waals surface area contributed by atoms with Gasteiger partial charge in [-0.05, 0) is 43.7 Å². The Labute approximate surface area is 88.1 Å². The third-order valence-corrected chi connectivity index (χ3v) is 3.18. The second kappa shape index (κ2) is 3.00. The molecule has 3 rings (SSSR count). The molecule has 0 unspecified atom stereocenters. The number of rotatable bonds is 0. The van der Waals surface area contributed by atoms with E-state index in [2.05, 4.69) is 17.2 Å². The lowest BCUT2D eigenvalue weighted by Gasteiger charge is -2.20. The number of fused-ring (bicyclic) bond motifs is 3. The number of aromatic nitrogens is 1. The molecule has 1 aliphatic rings. The van der Waals surface area contributed by atoms with Crippen LogP contribution in [0.5, 0.6) is 5.75 Å². The van der Waals surface area contributed by atoms with Crippen molar-refractivity contribution in [2.45, 2.75) is 19.4 Å². The van der Waals surface area contributed by atoms with E-state index < -0.39 is 0 Å². The van der Waals surface area contributed by atoms with Crippen molar-refractivity contribution in [3.05, 3.63) is 29.5 Å². The average Bonchev–Trinajstić information content (AvgIpc) is 2.58. The van der Waals surface area contributed by atoms with Gasteiger partial charge in [-0.2, -0.15) is 0 Å². The van der Waals surface area contributed by atoms with Crippen molar-refractivity contribution in [1.82, 2.24) is 10.3 Å². The van der Waals surface area contributed by atoms with Gasteiger partial charge in [-0.3, -0.25) is 0 Å². The predicted octanol–water partition coefficient (Wildman–Crippen LogP) is 2.08. The zero-order valence-corrected chi connectivity index (χ0v) is 8.67. The minimum atomic E-state index is 0.343. The van der Waals surface area contributed by atoms with Crippen molar-refractivity contribution in [1.29, 1.82) is 0 Å². The maximum absolute atomic E-state index is 9.49. The van der Waals surface area contributed by atoms with E-state index >= 15 is 0 Å². The Morgan fingerprint density at radius 2 is 2.27 bits per heavy atom. The molecule has 15 heavy (non-hydrogen) atoms. The molecule has 0 bridgehead atoms. The second-order valence-electron chi connectivity index (χ2n) is 4.17. The average molecular weight is 202 g/mol. The molecule has 1 atom stereocenters. The lowest BCUT2D eigenvalue weighted by Crippen LogP contribution is -2.27. The van der Waals surface area contributed by atoms with Crippen LogP contribution in [0.3, 0.4) is 0 Å². The molecule has 2 heterocycles. The van der Waals surface area contributed by atoms with Gasteiger partial charge >= 0.3 is 0 Å². The van der Waals surface area contributed by atoms with E-state index in [1.165, 1.54) is 16.6 Å². The van der Waals surface area contributed by atoms with Gasteiger partial charge in [0.25, 0.3) is 0 Å². The normalized spacial score (nSPS) is 20.5. The molecule has 0 fully saturated rings. The summed E-state index contributed by atoms with van der Waals surface area (Å²) < 4.78 is 0. The van der Waals surface area contributed by atoms with Crippen molar-refractivity contribution in [3.63, 3.8) is 0 Å². The fourth-order valence-electron chi connectivity index (χ4n) is 2.41. The van der Waals surface area contributed by atoms with Crippen LogP contribution in [0.2, 0.25) is 0 Å². The molecular formula is C12H14N2O. The molecule has 1 aromatic carbocycles. The number of phenols is 1. The zero-order valence-electron chi connectivity index (χ0n) is 8.67. The molecule has 0 saturated heterocycles. The molecule has 3 heteroatoms. The highest BCUT2D eigenvalue weighted by Gasteiger charge is 2.20. The number of nitrogens with one attached hydrogen (secondary N) is 2. The number of hydrogen-bond acceptors (Lipinski definition) is 2. The molecular weight excluding hydrogens is 188 g/mol. The summed E-state index contributed by atoms with van der Waals surface area (Å²) in [5.74, 6) is 0.343. The second-order valence-corrected chi connectivity index (χ2v) is 4.17. The summed E-state index contributed by atoms with van der Waals surface area (Å²) in [4.78, 5) is 3.42. The van der Waals surface area contributed by atoms with Gasteiger partial charge in [0.2, 0.25) is 0 Å². The van der Waals surface area contributed by atoms with Crippen LogP contribution in [0.25, 0.3) is 10.9 Å². The standard InChI is InChI=1S/C12H14N2O/c1-7-12-9(4-5-13-7)10-6-8(15)2-3-11(10)14-12/h2-3,6-7,13-15H,4-5H2,1H3/t7-/m1/s1. The topological polar surface area (TPSA) is 48.0 Å². The van der Waals surface area contributed by atoms with E-state index in [-0.39, 0.29) is 0 Å². The lowest BCUT2D eigenvalue weighted by molar-refractivity contribution is 0.476. The smallest absolute Gasteiger partial charge is 0.116 e. The Kier molecular flexibility index (Phi) is 1.76. The van der Waals surface area contributed by atoms with Gasteiger partial charge in [0.1, 0.15) is 5.75 Å². The third kappa shape index (κ3) is 1.23. The van der Waals surface area contributed by atoms with Crippen LogP contribution < -0.4 is 5.32 Å². The summed E-state index contributed by atoms with van der Waals surface area (Å²) in [5, 5.41) is 14.1. The maximum atomic E-state index is 9.49. The number of aromatic amines is 1. The summed E-state index contributed by atoms with van der Waals surface area (Å²) in [6, 6.07) is 5.89. The first-order valence-corrected chi connectivity index (χ1v) is 5.32. The molecule has 0 aliphatic carbocycles. The van der Waals surface area contributed by atoms with Gasteiger partial charge in [0.15, 0.2) is 0 Å². The highest BCUT2D eigenvalue weighted by molar-refractivity contribution is 5.86. The largest absolute Gasteiger partial charge is 0.508 e. The summed E-state index contributed by atoms with van der Waals surface area (Å²) in [6.45, 7) is 3.17. The minimum absolute atomic E-state index is 0.343. The van der Waals surface area contributed by atoms with E-state index in [1.807, 2.05) is 12.1 Å². The van der Waals surface area contributed by atoms with Crippen LogP contribution in [0.1, 0.15) is 24.2 Å². The molecule has 0 amide bonds. The Balaban J connectivity index is 2.31. The van der Waals surface area contributed by atoms with Crippen LogP contribution in [-0.2, 0) is 6.42 Å². The maximum Gasteiger partial charge on any atom is 0.116 e. The number of benzene rings is 1. The van der Waals surface area contributed by atoms with Gasteiger partial charge in [-0.1, -0.05) is 0 Å². The first-order chi connectivity index (χ1) is 7.25. The van der Waals surface area contributed by atoms with E-state index in [1.54, 1.807) is 6.07 Å². The third-order valence-electron chi connectivity index (χ3n) is 3.18. The van der Waals surface area contributed by atoms with Crippen LogP contribution >= 0.6 is 0 Å². The molecule has 3 N–H and O–H groups in total. The minimum Gasteiger partial charge on any atom is -0.508 e. The Morgan fingerprint density at radius 1 is 1.40 bits per heavy atom. The van der Waals surface area contributed by atoms with Crippen LogP contribution in [0.4, 0.5) is 0 Å². The molecule has 3 nitrogen and oxygen atoms in total. The first-order valence-electron chi connectivity index (χ1n) is 5.32. The van der Waals surface area contributed by atoms with Crippen LogP contribution in [0.15, 0.2) is 18.2 Å². The Bertz CT molecular complexity index is 516. The number of H-pyrrole nitrogens is 1. The summed E-state index contributed by atoms with van der Waals surface area (Å²) in [6.07, 6.45) is 1.03. The lowest BCUT2D eigenvalue weighted by atomic mass is 10.0. The van der Waals surface area contributed by atoms with E-state index in [4.69, 9.17) is 0 Å². The highest BCUT2D eigenvalue weighted by Crippen LogP contribution is 2.31. The molecule has 2 aromatic rings. The number of phenolic OH excluding ortho intramolecular Hbond substituents is 1. The van der Waals surface area contributed by atoms with Crippen molar-refractivity contribution in [3.8, 4) is 5.75 Å². The monoisotopic (exact) mass is 202 g/mol. The van der Waals surface area contributed by atoms with Gasteiger partial charge in [0, 0.05) is 22.6 Å². The fourth-order valence-corrected chi connectivity index (χ4v) is 2.41. The predicted molar refractivity (Wildman–Crippen MR) is 60.1 cm³/mol. The van der Waals surface area contributed by atoms with Crippen molar-refractivity contribution < 1.29 is 5.11 Å². The number of hydrogen-bond donors (Lipinski definition) is 3. The van der Waals surface area contributed by atoms with E-state index in [0.29, 0.717) is 11.8 Å². The van der Waals surface area contributed by atoms with Crippen molar-refractivity contribution >= 4 is 10.9 Å². The molecule has 0 radical (unpaired) electrons. The molecule has 78 valence electrons. The molecule has 0 saturated carbocycles. The van der Waals surface area contributed by atoms with Gasteiger partial charge < -0.3 is 15.4 Å². The first kappa shape index (κ1) is 8.80. The Morgan fingerprint density at radius 3 is 3.13 bits per heavy atom. The molecule has 0 spiro atoms. The van der Waals surface area contributed by atoms with Crippen LogP contribution in [-0.4, -0.2) is 16.6 Å². The summed E-state index contributed by atoms with van der Waals surface area (Å²) >= 11 is 0. The zero-order chi connectivity index (χ0) is 10.4. The van der Waals surface area contributed by atoms with Gasteiger partial charge in [-0.15, -0.1) is 0 Å². The quantitative estimate of drug-likeness (QED) is 0.612. The summed E-state index contributed by atoms with van der Waals surface area (Å²) in [5.41, 5.74) is 3.74. The SMILES string of the molecule is C[C@H]1NCCc2c1[nH]c1ccc(O)cc21. The highest BCUT2D eigenvalue weighted by atomic mass is 16.3. The number of aromatic hydroxyl groups is 1. The van der Waals surface area contributed by atoms with Crippen molar-refractivity contribution in [2.24, 2.45) is 0 Å². The van der Waals surface area contributed by atoms with Crippen molar-refractivity contribution in [2.75, 3.05) is 6.54 Å².